The number of rotatable bonds is 2. The number of hydrogen-bond donors (Lipinski definition) is 1. The molecule has 4 rings (SSSR count). The topological polar surface area (TPSA) is 46.6 Å². The van der Waals surface area contributed by atoms with Crippen molar-refractivity contribution in [1.29, 1.82) is 0 Å². The number of benzene rings is 1. The van der Waals surface area contributed by atoms with Gasteiger partial charge in [0.1, 0.15) is 5.82 Å². The highest BCUT2D eigenvalue weighted by atomic mass is 19.1. The normalized spacial score (nSPS) is 18.2. The van der Waals surface area contributed by atoms with Crippen LogP contribution in [-0.4, -0.2) is 16.2 Å². The van der Waals surface area contributed by atoms with E-state index in [-0.39, 0.29) is 11.9 Å². The standard InChI is InChI=1S/C17H17FN4/c18-13-4-1-3-12(9-13)16-5-2-7-21(16)14-6-8-22-17(10-14)15(19)11-20-22/h1,3-4,6,8-11,16H,2,5,7,19H2. The van der Waals surface area contributed by atoms with E-state index in [4.69, 9.17) is 5.73 Å². The highest BCUT2D eigenvalue weighted by molar-refractivity contribution is 5.73. The SMILES string of the molecule is Nc1cnn2ccc(N3CCCC3c3cccc(F)c3)cc12. The van der Waals surface area contributed by atoms with Gasteiger partial charge < -0.3 is 10.6 Å². The van der Waals surface area contributed by atoms with Crippen molar-refractivity contribution < 1.29 is 4.39 Å². The minimum atomic E-state index is -0.181. The van der Waals surface area contributed by atoms with Gasteiger partial charge in [-0.3, -0.25) is 0 Å². The van der Waals surface area contributed by atoms with E-state index in [0.29, 0.717) is 5.69 Å². The van der Waals surface area contributed by atoms with Crippen LogP contribution >= 0.6 is 0 Å². The van der Waals surface area contributed by atoms with E-state index >= 15 is 0 Å². The predicted octanol–water partition coefficient (Wildman–Crippen LogP) is 3.40. The lowest BCUT2D eigenvalue weighted by Crippen LogP contribution is -2.22. The molecule has 112 valence electrons. The van der Waals surface area contributed by atoms with Crippen molar-refractivity contribution >= 4 is 16.9 Å². The number of anilines is 2. The maximum atomic E-state index is 13.5. The summed E-state index contributed by atoms with van der Waals surface area (Å²) in [6, 6.07) is 11.2. The van der Waals surface area contributed by atoms with Crippen LogP contribution < -0.4 is 10.6 Å². The first-order chi connectivity index (χ1) is 10.7. The Hall–Kier alpha value is -2.56. The largest absolute Gasteiger partial charge is 0.396 e. The van der Waals surface area contributed by atoms with E-state index in [2.05, 4.69) is 16.1 Å². The summed E-state index contributed by atoms with van der Waals surface area (Å²) < 4.78 is 15.3. The number of halogens is 1. The van der Waals surface area contributed by atoms with Crippen molar-refractivity contribution in [3.63, 3.8) is 0 Å². The molecule has 0 bridgehead atoms. The Morgan fingerprint density at radius 2 is 2.14 bits per heavy atom. The Labute approximate surface area is 128 Å². The molecule has 1 atom stereocenters. The first kappa shape index (κ1) is 13.1. The summed E-state index contributed by atoms with van der Waals surface area (Å²) in [7, 11) is 0. The monoisotopic (exact) mass is 296 g/mol. The van der Waals surface area contributed by atoms with Crippen molar-refractivity contribution in [2.24, 2.45) is 0 Å². The molecule has 22 heavy (non-hydrogen) atoms. The molecule has 1 unspecified atom stereocenters. The van der Waals surface area contributed by atoms with E-state index in [1.807, 2.05) is 18.3 Å². The fourth-order valence-electron chi connectivity index (χ4n) is 3.30. The number of pyridine rings is 1. The molecule has 0 spiro atoms. The molecule has 0 amide bonds. The summed E-state index contributed by atoms with van der Waals surface area (Å²) in [5.74, 6) is -0.181. The Bertz CT molecular complexity index is 826. The van der Waals surface area contributed by atoms with Gasteiger partial charge in [0.2, 0.25) is 0 Å². The number of fused-ring (bicyclic) bond motifs is 1. The molecular weight excluding hydrogens is 279 g/mol. The molecule has 1 aliphatic heterocycles. The molecule has 3 heterocycles. The van der Waals surface area contributed by atoms with E-state index < -0.39 is 0 Å². The molecule has 5 heteroatoms. The summed E-state index contributed by atoms with van der Waals surface area (Å²) in [4.78, 5) is 2.32. The van der Waals surface area contributed by atoms with Crippen molar-refractivity contribution in [1.82, 2.24) is 9.61 Å². The average molecular weight is 296 g/mol. The Morgan fingerprint density at radius 3 is 3.00 bits per heavy atom. The van der Waals surface area contributed by atoms with Crippen LogP contribution in [0.1, 0.15) is 24.4 Å². The third-order valence-corrected chi connectivity index (χ3v) is 4.35. The number of nitrogens with zero attached hydrogens (tertiary/aromatic N) is 3. The van der Waals surface area contributed by atoms with Crippen LogP contribution in [-0.2, 0) is 0 Å². The van der Waals surface area contributed by atoms with Crippen LogP contribution in [0.5, 0.6) is 0 Å². The molecule has 2 N–H and O–H groups in total. The van der Waals surface area contributed by atoms with E-state index in [1.165, 1.54) is 6.07 Å². The van der Waals surface area contributed by atoms with Gasteiger partial charge in [0, 0.05) is 18.4 Å². The molecule has 1 saturated heterocycles. The van der Waals surface area contributed by atoms with Gasteiger partial charge in [0.25, 0.3) is 0 Å². The zero-order valence-electron chi connectivity index (χ0n) is 12.1. The third-order valence-electron chi connectivity index (χ3n) is 4.35. The van der Waals surface area contributed by atoms with Gasteiger partial charge in [-0.05, 0) is 42.7 Å². The number of hydrogen-bond acceptors (Lipinski definition) is 3. The quantitative estimate of drug-likeness (QED) is 0.788. The fourth-order valence-corrected chi connectivity index (χ4v) is 3.30. The average Bonchev–Trinajstić information content (AvgIpc) is 3.14. The molecule has 0 radical (unpaired) electrons. The van der Waals surface area contributed by atoms with Crippen molar-refractivity contribution in [3.8, 4) is 0 Å². The van der Waals surface area contributed by atoms with Crippen LogP contribution in [0.3, 0.4) is 0 Å². The van der Waals surface area contributed by atoms with Crippen LogP contribution in [0, 0.1) is 5.82 Å². The highest BCUT2D eigenvalue weighted by Crippen LogP contribution is 2.36. The number of aromatic nitrogens is 2. The molecule has 1 aliphatic rings. The van der Waals surface area contributed by atoms with Gasteiger partial charge in [0.15, 0.2) is 0 Å². The van der Waals surface area contributed by atoms with Gasteiger partial charge >= 0.3 is 0 Å². The van der Waals surface area contributed by atoms with Crippen LogP contribution in [0.2, 0.25) is 0 Å². The minimum absolute atomic E-state index is 0.181. The Morgan fingerprint density at radius 1 is 1.23 bits per heavy atom. The van der Waals surface area contributed by atoms with E-state index in [0.717, 1.165) is 36.2 Å². The van der Waals surface area contributed by atoms with Gasteiger partial charge in [-0.25, -0.2) is 8.91 Å². The molecule has 3 aromatic rings. The maximum Gasteiger partial charge on any atom is 0.123 e. The second-order valence-electron chi connectivity index (χ2n) is 5.72. The first-order valence-corrected chi connectivity index (χ1v) is 7.47. The van der Waals surface area contributed by atoms with Crippen molar-refractivity contribution in [2.45, 2.75) is 18.9 Å². The Kier molecular flexibility index (Phi) is 2.99. The van der Waals surface area contributed by atoms with Gasteiger partial charge in [-0.15, -0.1) is 0 Å². The number of nitrogens with two attached hydrogens (primary N) is 1. The van der Waals surface area contributed by atoms with Crippen LogP contribution in [0.4, 0.5) is 15.8 Å². The molecule has 1 fully saturated rings. The molecule has 2 aromatic heterocycles. The van der Waals surface area contributed by atoms with Gasteiger partial charge in [0.05, 0.1) is 23.4 Å². The third kappa shape index (κ3) is 2.09. The molecule has 0 saturated carbocycles. The van der Waals surface area contributed by atoms with Crippen LogP contribution in [0.15, 0.2) is 48.8 Å². The predicted molar refractivity (Wildman–Crippen MR) is 85.3 cm³/mol. The zero-order chi connectivity index (χ0) is 15.1. The minimum Gasteiger partial charge on any atom is -0.396 e. The summed E-state index contributed by atoms with van der Waals surface area (Å²) in [6.45, 7) is 0.964. The zero-order valence-corrected chi connectivity index (χ0v) is 12.1. The molecule has 1 aromatic carbocycles. The van der Waals surface area contributed by atoms with Crippen molar-refractivity contribution in [3.05, 3.63) is 60.2 Å². The Balaban J connectivity index is 1.74. The molecular formula is C17H17FN4. The summed E-state index contributed by atoms with van der Waals surface area (Å²) in [5.41, 5.74) is 9.66. The highest BCUT2D eigenvalue weighted by Gasteiger charge is 2.26. The first-order valence-electron chi connectivity index (χ1n) is 7.47. The maximum absolute atomic E-state index is 13.5. The van der Waals surface area contributed by atoms with E-state index in [9.17, 15) is 4.39 Å². The fraction of sp³-hybridized carbons (Fsp3) is 0.235. The summed E-state index contributed by atoms with van der Waals surface area (Å²) in [6.07, 6.45) is 5.71. The number of nitrogen functional groups attached to an aromatic ring is 1. The summed E-state index contributed by atoms with van der Waals surface area (Å²) >= 11 is 0. The lowest BCUT2D eigenvalue weighted by Gasteiger charge is -2.27. The molecule has 0 aliphatic carbocycles. The van der Waals surface area contributed by atoms with Crippen LogP contribution in [0.25, 0.3) is 5.52 Å². The lowest BCUT2D eigenvalue weighted by atomic mass is 10.0. The van der Waals surface area contributed by atoms with Crippen molar-refractivity contribution in [2.75, 3.05) is 17.2 Å². The van der Waals surface area contributed by atoms with Gasteiger partial charge in [-0.2, -0.15) is 5.10 Å². The second kappa shape index (κ2) is 5.02. The van der Waals surface area contributed by atoms with Gasteiger partial charge in [-0.1, -0.05) is 12.1 Å². The molecule has 4 nitrogen and oxygen atoms in total. The smallest absolute Gasteiger partial charge is 0.123 e. The van der Waals surface area contributed by atoms with E-state index in [1.54, 1.807) is 22.8 Å². The summed E-state index contributed by atoms with van der Waals surface area (Å²) in [5, 5.41) is 4.20. The lowest BCUT2D eigenvalue weighted by molar-refractivity contribution is 0.618. The second-order valence-corrected chi connectivity index (χ2v) is 5.72.